The van der Waals surface area contributed by atoms with Gasteiger partial charge in [-0.2, -0.15) is 9.19 Å². The topological polar surface area (TPSA) is 114 Å². The van der Waals surface area contributed by atoms with E-state index < -0.39 is 50.7 Å². The van der Waals surface area contributed by atoms with Gasteiger partial charge >= 0.3 is 6.09 Å². The number of rotatable bonds is 5. The van der Waals surface area contributed by atoms with Crippen molar-refractivity contribution in [1.29, 1.82) is 0 Å². The number of amides is 1. The van der Waals surface area contributed by atoms with Crippen LogP contribution in [0.5, 0.6) is 0 Å². The van der Waals surface area contributed by atoms with Crippen molar-refractivity contribution in [3.8, 4) is 0 Å². The summed E-state index contributed by atoms with van der Waals surface area (Å²) < 4.78 is 67.7. The number of carbonyl (C=O) groups is 1. The summed E-state index contributed by atoms with van der Waals surface area (Å²) >= 11 is 0. The zero-order valence-corrected chi connectivity index (χ0v) is 22.3. The molecule has 2 fully saturated rings. The molecular formula is C25H32F2N4O6S. The molecule has 13 heteroatoms. The maximum atomic E-state index is 14.8. The molecule has 1 aromatic carbocycles. The molecule has 4 atom stereocenters. The Morgan fingerprint density at radius 3 is 2.63 bits per heavy atom. The molecule has 0 spiro atoms. The van der Waals surface area contributed by atoms with Crippen LogP contribution >= 0.6 is 0 Å². The quantitative estimate of drug-likeness (QED) is 0.600. The van der Waals surface area contributed by atoms with Gasteiger partial charge < -0.3 is 14.6 Å². The zero-order chi connectivity index (χ0) is 27.4. The van der Waals surface area contributed by atoms with Crippen LogP contribution in [0.1, 0.15) is 56.5 Å². The smallest absolute Gasteiger partial charge is 0.408 e. The molecule has 1 aromatic heterocycles. The third-order valence-corrected chi connectivity index (χ3v) is 9.58. The van der Waals surface area contributed by atoms with Gasteiger partial charge in [-0.3, -0.25) is 9.80 Å². The maximum absolute atomic E-state index is 14.8. The van der Waals surface area contributed by atoms with Crippen LogP contribution < -0.4 is 0 Å². The summed E-state index contributed by atoms with van der Waals surface area (Å²) in [5.74, 6) is -1.31. The molecule has 0 aliphatic carbocycles. The van der Waals surface area contributed by atoms with E-state index >= 15 is 0 Å². The normalized spacial score (nSPS) is 26.4. The highest BCUT2D eigenvalue weighted by Gasteiger charge is 2.46. The minimum Gasteiger partial charge on any atom is -0.465 e. The third-order valence-electron chi connectivity index (χ3n) is 7.57. The molecule has 0 unspecified atom stereocenters. The number of carboxylic acid groups (broad SMARTS) is 1. The summed E-state index contributed by atoms with van der Waals surface area (Å²) in [7, 11) is -3.72. The molecule has 2 saturated heterocycles. The highest BCUT2D eigenvalue weighted by molar-refractivity contribution is 7.90. The summed E-state index contributed by atoms with van der Waals surface area (Å²) in [6.45, 7) is 6.56. The molecule has 3 aliphatic rings. The lowest BCUT2D eigenvalue weighted by atomic mass is 9.88. The second-order valence-corrected chi connectivity index (χ2v) is 13.1. The van der Waals surface area contributed by atoms with Gasteiger partial charge in [0.1, 0.15) is 23.0 Å². The van der Waals surface area contributed by atoms with E-state index in [0.717, 1.165) is 27.8 Å². The zero-order valence-electron chi connectivity index (χ0n) is 21.5. The van der Waals surface area contributed by atoms with Crippen LogP contribution in [0.25, 0.3) is 0 Å². The Morgan fingerprint density at radius 1 is 1.21 bits per heavy atom. The molecule has 0 radical (unpaired) electrons. The van der Waals surface area contributed by atoms with Crippen LogP contribution in [-0.4, -0.2) is 81.3 Å². The molecule has 3 aliphatic heterocycles. The van der Waals surface area contributed by atoms with E-state index in [4.69, 9.17) is 9.47 Å². The Balaban J connectivity index is 1.43. The van der Waals surface area contributed by atoms with E-state index in [9.17, 15) is 27.1 Å². The third kappa shape index (κ3) is 4.80. The molecular weight excluding hydrogens is 522 g/mol. The van der Waals surface area contributed by atoms with Gasteiger partial charge in [0.05, 0.1) is 31.1 Å². The van der Waals surface area contributed by atoms with Crippen LogP contribution in [0.2, 0.25) is 0 Å². The first-order valence-corrected chi connectivity index (χ1v) is 14.1. The average molecular weight is 555 g/mol. The van der Waals surface area contributed by atoms with Gasteiger partial charge in [0.25, 0.3) is 10.0 Å². The lowest BCUT2D eigenvalue weighted by Gasteiger charge is -2.48. The Bertz CT molecular complexity index is 1320. The summed E-state index contributed by atoms with van der Waals surface area (Å²) in [5.41, 5.74) is 0.454. The average Bonchev–Trinajstić information content (AvgIpc) is 3.57. The van der Waals surface area contributed by atoms with Gasteiger partial charge in [0, 0.05) is 42.4 Å². The van der Waals surface area contributed by atoms with E-state index in [-0.39, 0.29) is 37.8 Å². The molecule has 10 nitrogen and oxygen atoms in total. The molecule has 4 heterocycles. The van der Waals surface area contributed by atoms with Gasteiger partial charge in [0.15, 0.2) is 0 Å². The number of aromatic nitrogens is 2. The van der Waals surface area contributed by atoms with Crippen molar-refractivity contribution < 1.29 is 36.6 Å². The van der Waals surface area contributed by atoms with Crippen molar-refractivity contribution in [2.24, 2.45) is 0 Å². The van der Waals surface area contributed by atoms with Crippen molar-refractivity contribution in [3.63, 3.8) is 0 Å². The number of halogens is 2. The van der Waals surface area contributed by atoms with Crippen LogP contribution in [0.15, 0.2) is 24.4 Å². The van der Waals surface area contributed by atoms with E-state index in [1.54, 1.807) is 27.0 Å². The number of fused-ring (bicyclic) bond motifs is 1. The van der Waals surface area contributed by atoms with Gasteiger partial charge in [-0.15, -0.1) is 0 Å². The first kappa shape index (κ1) is 27.0. The van der Waals surface area contributed by atoms with Crippen LogP contribution in [0.3, 0.4) is 0 Å². The fourth-order valence-corrected chi connectivity index (χ4v) is 7.37. The second-order valence-electron chi connectivity index (χ2n) is 11.1. The van der Waals surface area contributed by atoms with Crippen LogP contribution in [0, 0.1) is 11.6 Å². The van der Waals surface area contributed by atoms with Crippen molar-refractivity contribution in [3.05, 3.63) is 52.9 Å². The van der Waals surface area contributed by atoms with Gasteiger partial charge in [0.2, 0.25) is 0 Å². The minimum atomic E-state index is -3.72. The summed E-state index contributed by atoms with van der Waals surface area (Å²) in [6.07, 6.45) is 0.0343. The van der Waals surface area contributed by atoms with Crippen molar-refractivity contribution in [2.45, 2.75) is 75.7 Å². The van der Waals surface area contributed by atoms with Crippen molar-refractivity contribution >= 4 is 16.1 Å². The van der Waals surface area contributed by atoms with Gasteiger partial charge in [-0.25, -0.2) is 22.0 Å². The predicted molar refractivity (Wildman–Crippen MR) is 132 cm³/mol. The Hall–Kier alpha value is -2.61. The predicted octanol–water partition coefficient (Wildman–Crippen LogP) is 3.12. The Labute approximate surface area is 220 Å². The fourth-order valence-electron chi connectivity index (χ4n) is 5.76. The van der Waals surface area contributed by atoms with E-state index in [0.29, 0.717) is 25.3 Å². The molecule has 38 heavy (non-hydrogen) atoms. The molecule has 2 aromatic rings. The number of ether oxygens (including phenoxy) is 2. The first-order valence-electron chi connectivity index (χ1n) is 12.6. The highest BCUT2D eigenvalue weighted by atomic mass is 32.2. The molecule has 0 saturated carbocycles. The number of nitrogens with zero attached hydrogens (tertiary/aromatic N) is 4. The number of benzene rings is 1. The second kappa shape index (κ2) is 9.85. The van der Waals surface area contributed by atoms with Crippen molar-refractivity contribution in [2.75, 3.05) is 19.8 Å². The largest absolute Gasteiger partial charge is 0.465 e. The molecule has 1 N–H and O–H groups in total. The highest BCUT2D eigenvalue weighted by Crippen LogP contribution is 2.40. The minimum absolute atomic E-state index is 0.0332. The first-order chi connectivity index (χ1) is 17.9. The number of hydrogen-bond donors (Lipinski definition) is 1. The maximum Gasteiger partial charge on any atom is 0.408 e. The van der Waals surface area contributed by atoms with Crippen molar-refractivity contribution in [1.82, 2.24) is 19.0 Å². The van der Waals surface area contributed by atoms with Gasteiger partial charge in [-0.1, -0.05) is 0 Å². The molecule has 0 bridgehead atoms. The fraction of sp³-hybridized carbons (Fsp3) is 0.600. The Morgan fingerprint density at radius 2 is 1.97 bits per heavy atom. The SMILES string of the molecule is CC(C)(C)N(C(=O)O)[C@H]1C[C@@H](N2Cc3cnn(S(=O)(=O)[C@H]4CCOC4)c3C2)CO[C@@H]1c1cc(F)ccc1F. The molecule has 5 rings (SSSR count). The summed E-state index contributed by atoms with van der Waals surface area (Å²) in [4.78, 5) is 15.7. The lowest BCUT2D eigenvalue weighted by Crippen LogP contribution is -2.58. The van der Waals surface area contributed by atoms with Gasteiger partial charge in [-0.05, 0) is 51.8 Å². The Kier molecular flexibility index (Phi) is 6.99. The van der Waals surface area contributed by atoms with Crippen LogP contribution in [-0.2, 0) is 32.6 Å². The van der Waals surface area contributed by atoms with E-state index in [1.807, 2.05) is 4.90 Å². The monoisotopic (exact) mass is 554 g/mol. The van der Waals surface area contributed by atoms with E-state index in [1.165, 1.54) is 4.90 Å². The van der Waals surface area contributed by atoms with Crippen LogP contribution in [0.4, 0.5) is 13.6 Å². The summed E-state index contributed by atoms with van der Waals surface area (Å²) in [5, 5.41) is 13.6. The molecule has 1 amide bonds. The number of hydrogen-bond acceptors (Lipinski definition) is 7. The summed E-state index contributed by atoms with van der Waals surface area (Å²) in [6, 6.07) is 1.96. The lowest BCUT2D eigenvalue weighted by molar-refractivity contribution is -0.103. The molecule has 208 valence electrons. The standard InChI is InChI=1S/C25H32F2N4O6S/c1-25(2,3)30(24(32)33)21-9-17(13-37-23(21)19-8-16(26)4-5-20(19)27)29-11-15-10-28-31(22(15)12-29)38(34,35)18-6-7-36-14-18/h4-5,8,10,17-18,21,23H,6-7,9,11-14H2,1-3H3,(H,32,33)/t17-,18+,21+,23-/m1/s1. The van der Waals surface area contributed by atoms with E-state index in [2.05, 4.69) is 5.10 Å².